The van der Waals surface area contributed by atoms with Crippen molar-refractivity contribution in [3.05, 3.63) is 75.3 Å². The lowest BCUT2D eigenvalue weighted by Crippen LogP contribution is -2.37. The highest BCUT2D eigenvalue weighted by atomic mass is 35.5. The number of carbonyl (C=O) groups excluding carboxylic acids is 1. The molecular formula is C23H26ClN3O2. The zero-order chi connectivity index (χ0) is 21.0. The molecule has 0 radical (unpaired) electrons. The molecule has 0 fully saturated rings. The Bertz CT molecular complexity index is 1060. The standard InChI is InChI=1S/C23H26ClN3O2/c1-4-5-9-14-27(22(28)17-10-7-6-8-11-17)16(2)21-25-20-15-18(24)12-13-19(20)23(29)26(21)3/h6-8,10-13,15-16H,4-5,9,14H2,1-3H3. The van der Waals surface area contributed by atoms with E-state index in [0.29, 0.717) is 33.9 Å². The zero-order valence-electron chi connectivity index (χ0n) is 17.1. The van der Waals surface area contributed by atoms with Crippen LogP contribution in [-0.4, -0.2) is 26.9 Å². The van der Waals surface area contributed by atoms with Crippen molar-refractivity contribution in [2.45, 2.75) is 39.2 Å². The number of carbonyl (C=O) groups is 1. The first-order chi connectivity index (χ1) is 13.9. The largest absolute Gasteiger partial charge is 0.329 e. The summed E-state index contributed by atoms with van der Waals surface area (Å²) in [4.78, 5) is 32.6. The molecule has 3 rings (SSSR count). The molecule has 152 valence electrons. The highest BCUT2D eigenvalue weighted by Crippen LogP contribution is 2.23. The minimum absolute atomic E-state index is 0.0605. The lowest BCUT2D eigenvalue weighted by molar-refractivity contribution is 0.0676. The van der Waals surface area contributed by atoms with Crippen LogP contribution in [0.1, 0.15) is 55.3 Å². The number of hydrogen-bond acceptors (Lipinski definition) is 3. The van der Waals surface area contributed by atoms with Crippen LogP contribution < -0.4 is 5.56 Å². The molecule has 0 aliphatic carbocycles. The number of fused-ring (bicyclic) bond motifs is 1. The maximum absolute atomic E-state index is 13.3. The van der Waals surface area contributed by atoms with Gasteiger partial charge in [0.1, 0.15) is 5.82 Å². The summed E-state index contributed by atoms with van der Waals surface area (Å²) < 4.78 is 1.53. The van der Waals surface area contributed by atoms with E-state index in [4.69, 9.17) is 16.6 Å². The van der Waals surface area contributed by atoms with Gasteiger partial charge in [-0.1, -0.05) is 49.6 Å². The van der Waals surface area contributed by atoms with Crippen molar-refractivity contribution in [3.8, 4) is 0 Å². The fraction of sp³-hybridized carbons (Fsp3) is 0.348. The Hall–Kier alpha value is -2.66. The fourth-order valence-corrected chi connectivity index (χ4v) is 3.69. The molecule has 1 aromatic heterocycles. The minimum atomic E-state index is -0.361. The van der Waals surface area contributed by atoms with E-state index in [2.05, 4.69) is 6.92 Å². The molecule has 0 saturated heterocycles. The first-order valence-corrected chi connectivity index (χ1v) is 10.3. The molecule has 29 heavy (non-hydrogen) atoms. The van der Waals surface area contributed by atoms with Crippen molar-refractivity contribution in [3.63, 3.8) is 0 Å². The van der Waals surface area contributed by atoms with E-state index in [1.807, 2.05) is 42.2 Å². The number of rotatable bonds is 7. The Morgan fingerprint density at radius 3 is 2.59 bits per heavy atom. The lowest BCUT2D eigenvalue weighted by atomic mass is 10.1. The van der Waals surface area contributed by atoms with Gasteiger partial charge < -0.3 is 4.90 Å². The summed E-state index contributed by atoms with van der Waals surface area (Å²) in [5.74, 6) is 0.486. The van der Waals surface area contributed by atoms with Gasteiger partial charge in [-0.05, 0) is 43.7 Å². The molecule has 0 spiro atoms. The van der Waals surface area contributed by atoms with Crippen molar-refractivity contribution >= 4 is 28.4 Å². The summed E-state index contributed by atoms with van der Waals surface area (Å²) in [6.07, 6.45) is 2.99. The van der Waals surface area contributed by atoms with Crippen LogP contribution >= 0.6 is 11.6 Å². The van der Waals surface area contributed by atoms with E-state index in [9.17, 15) is 9.59 Å². The molecule has 0 bridgehead atoms. The summed E-state index contributed by atoms with van der Waals surface area (Å²) in [6, 6.07) is 13.9. The van der Waals surface area contributed by atoms with Gasteiger partial charge in [0.15, 0.2) is 0 Å². The van der Waals surface area contributed by atoms with Gasteiger partial charge in [-0.2, -0.15) is 0 Å². The van der Waals surface area contributed by atoms with Crippen molar-refractivity contribution in [1.82, 2.24) is 14.5 Å². The maximum atomic E-state index is 13.3. The van der Waals surface area contributed by atoms with Crippen LogP contribution in [0.15, 0.2) is 53.3 Å². The van der Waals surface area contributed by atoms with Gasteiger partial charge in [0.25, 0.3) is 11.5 Å². The number of amides is 1. The molecule has 1 amide bonds. The maximum Gasteiger partial charge on any atom is 0.261 e. The zero-order valence-corrected chi connectivity index (χ0v) is 17.8. The molecule has 1 atom stereocenters. The highest BCUT2D eigenvalue weighted by molar-refractivity contribution is 6.31. The van der Waals surface area contributed by atoms with E-state index in [0.717, 1.165) is 19.3 Å². The van der Waals surface area contributed by atoms with Crippen molar-refractivity contribution in [2.24, 2.45) is 7.05 Å². The smallest absolute Gasteiger partial charge is 0.261 e. The second-order valence-corrected chi connectivity index (χ2v) is 7.68. The molecule has 0 aliphatic heterocycles. The van der Waals surface area contributed by atoms with Gasteiger partial charge in [-0.3, -0.25) is 14.2 Å². The predicted octanol–water partition coefficient (Wildman–Crippen LogP) is 4.98. The molecule has 1 unspecified atom stereocenters. The van der Waals surface area contributed by atoms with Gasteiger partial charge >= 0.3 is 0 Å². The van der Waals surface area contributed by atoms with E-state index < -0.39 is 0 Å². The van der Waals surface area contributed by atoms with E-state index in [1.54, 1.807) is 25.2 Å². The Morgan fingerprint density at radius 1 is 1.17 bits per heavy atom. The topological polar surface area (TPSA) is 55.2 Å². The Kier molecular flexibility index (Phi) is 6.70. The molecule has 3 aromatic rings. The number of unbranched alkanes of at least 4 members (excludes halogenated alkanes) is 2. The SMILES string of the molecule is CCCCCN(C(=O)c1ccccc1)C(C)c1nc2cc(Cl)ccc2c(=O)n1C. The second kappa shape index (κ2) is 9.23. The summed E-state index contributed by atoms with van der Waals surface area (Å²) in [7, 11) is 1.70. The van der Waals surface area contributed by atoms with Gasteiger partial charge in [0.2, 0.25) is 0 Å². The van der Waals surface area contributed by atoms with Crippen molar-refractivity contribution in [1.29, 1.82) is 0 Å². The first kappa shape index (κ1) is 21.1. The number of aromatic nitrogens is 2. The quantitative estimate of drug-likeness (QED) is 0.515. The summed E-state index contributed by atoms with van der Waals surface area (Å²) in [5, 5.41) is 1.04. The average Bonchev–Trinajstić information content (AvgIpc) is 2.73. The van der Waals surface area contributed by atoms with Crippen LogP contribution in [-0.2, 0) is 7.05 Å². The monoisotopic (exact) mass is 411 g/mol. The molecule has 0 N–H and O–H groups in total. The van der Waals surface area contributed by atoms with Gasteiger partial charge in [-0.25, -0.2) is 4.98 Å². The van der Waals surface area contributed by atoms with Gasteiger partial charge in [0, 0.05) is 24.2 Å². The molecule has 2 aromatic carbocycles. The molecule has 0 saturated carbocycles. The summed E-state index contributed by atoms with van der Waals surface area (Å²) >= 11 is 6.11. The number of benzene rings is 2. The van der Waals surface area contributed by atoms with Gasteiger partial charge in [0.05, 0.1) is 16.9 Å². The summed E-state index contributed by atoms with van der Waals surface area (Å²) in [5.41, 5.74) is 1.03. The molecule has 1 heterocycles. The number of nitrogens with zero attached hydrogens (tertiary/aromatic N) is 3. The Morgan fingerprint density at radius 2 is 1.90 bits per heavy atom. The average molecular weight is 412 g/mol. The van der Waals surface area contributed by atoms with Gasteiger partial charge in [-0.15, -0.1) is 0 Å². The van der Waals surface area contributed by atoms with Crippen molar-refractivity contribution in [2.75, 3.05) is 6.54 Å². The van der Waals surface area contributed by atoms with E-state index in [-0.39, 0.29) is 17.5 Å². The molecule has 6 heteroatoms. The molecule has 0 aliphatic rings. The van der Waals surface area contributed by atoms with E-state index >= 15 is 0 Å². The third-order valence-electron chi connectivity index (χ3n) is 5.20. The molecule has 5 nitrogen and oxygen atoms in total. The van der Waals surface area contributed by atoms with Crippen LogP contribution in [0, 0.1) is 0 Å². The Labute approximate surface area is 175 Å². The lowest BCUT2D eigenvalue weighted by Gasteiger charge is -2.30. The highest BCUT2D eigenvalue weighted by Gasteiger charge is 2.26. The van der Waals surface area contributed by atoms with Crippen LogP contribution in [0.2, 0.25) is 5.02 Å². The Balaban J connectivity index is 2.05. The van der Waals surface area contributed by atoms with Crippen LogP contribution in [0.3, 0.4) is 0 Å². The third-order valence-corrected chi connectivity index (χ3v) is 5.43. The van der Waals surface area contributed by atoms with Crippen LogP contribution in [0.4, 0.5) is 0 Å². The fourth-order valence-electron chi connectivity index (χ4n) is 3.52. The normalized spacial score (nSPS) is 12.1. The predicted molar refractivity (Wildman–Crippen MR) is 117 cm³/mol. The summed E-state index contributed by atoms with van der Waals surface area (Å²) in [6.45, 7) is 4.66. The van der Waals surface area contributed by atoms with E-state index in [1.165, 1.54) is 4.57 Å². The van der Waals surface area contributed by atoms with Crippen molar-refractivity contribution < 1.29 is 4.79 Å². The minimum Gasteiger partial charge on any atom is -0.329 e. The molecular weight excluding hydrogens is 386 g/mol. The number of hydrogen-bond donors (Lipinski definition) is 0. The second-order valence-electron chi connectivity index (χ2n) is 7.24. The number of halogens is 1. The van der Waals surface area contributed by atoms with Crippen LogP contribution in [0.25, 0.3) is 10.9 Å². The third kappa shape index (κ3) is 4.51. The first-order valence-electron chi connectivity index (χ1n) is 9.96. The van der Waals surface area contributed by atoms with Crippen LogP contribution in [0.5, 0.6) is 0 Å².